The molecule has 0 aromatic carbocycles. The van der Waals surface area contributed by atoms with Crippen molar-refractivity contribution in [1.82, 2.24) is 9.88 Å². The van der Waals surface area contributed by atoms with E-state index in [4.69, 9.17) is 4.74 Å². The highest BCUT2D eigenvalue weighted by molar-refractivity contribution is 5.94. The summed E-state index contributed by atoms with van der Waals surface area (Å²) in [6, 6.07) is 2.96. The van der Waals surface area contributed by atoms with Crippen molar-refractivity contribution in [2.24, 2.45) is 0 Å². The molecule has 1 aromatic heterocycles. The second-order valence-corrected chi connectivity index (χ2v) is 4.19. The lowest BCUT2D eigenvalue weighted by Crippen LogP contribution is -2.43. The minimum Gasteiger partial charge on any atom is -0.380 e. The van der Waals surface area contributed by atoms with Crippen LogP contribution in [0.4, 0.5) is 0 Å². The molecule has 92 valence electrons. The van der Waals surface area contributed by atoms with E-state index >= 15 is 0 Å². The lowest BCUT2D eigenvalue weighted by atomic mass is 10.1. The van der Waals surface area contributed by atoms with Crippen molar-refractivity contribution in [2.75, 3.05) is 20.2 Å². The second kappa shape index (κ2) is 5.14. The van der Waals surface area contributed by atoms with E-state index < -0.39 is 0 Å². The number of nitrogens with one attached hydrogen (secondary N) is 1. The van der Waals surface area contributed by atoms with E-state index in [0.29, 0.717) is 12.1 Å². The molecule has 5 nitrogen and oxygen atoms in total. The number of aromatic nitrogens is 1. The topological polar surface area (TPSA) is 62.4 Å². The molecule has 1 fully saturated rings. The summed E-state index contributed by atoms with van der Waals surface area (Å²) in [7, 11) is 1.66. The van der Waals surface area contributed by atoms with Crippen LogP contribution in [0.25, 0.3) is 0 Å². The Kier molecular flexibility index (Phi) is 3.58. The molecule has 1 unspecified atom stereocenters. The SMILES string of the molecule is COC1CCCN(C(=O)c2cc[nH]c(=O)c2)C1. The van der Waals surface area contributed by atoms with Gasteiger partial charge in [-0.15, -0.1) is 0 Å². The number of rotatable bonds is 2. The summed E-state index contributed by atoms with van der Waals surface area (Å²) in [5.41, 5.74) is 0.182. The number of pyridine rings is 1. The molecule has 0 radical (unpaired) electrons. The summed E-state index contributed by atoms with van der Waals surface area (Å²) in [5.74, 6) is -0.0992. The number of ether oxygens (including phenoxy) is 1. The molecule has 0 spiro atoms. The monoisotopic (exact) mass is 236 g/mol. The van der Waals surface area contributed by atoms with Gasteiger partial charge in [0.25, 0.3) is 5.91 Å². The van der Waals surface area contributed by atoms with Crippen molar-refractivity contribution >= 4 is 5.91 Å². The number of nitrogens with zero attached hydrogens (tertiary/aromatic N) is 1. The van der Waals surface area contributed by atoms with Crippen molar-refractivity contribution in [2.45, 2.75) is 18.9 Å². The summed E-state index contributed by atoms with van der Waals surface area (Å²) in [5, 5.41) is 0. The maximum atomic E-state index is 12.1. The zero-order valence-electron chi connectivity index (χ0n) is 9.81. The van der Waals surface area contributed by atoms with Crippen LogP contribution >= 0.6 is 0 Å². The van der Waals surface area contributed by atoms with E-state index in [0.717, 1.165) is 19.4 Å². The van der Waals surface area contributed by atoms with E-state index in [1.165, 1.54) is 12.3 Å². The summed E-state index contributed by atoms with van der Waals surface area (Å²) in [6.45, 7) is 1.33. The molecule has 0 bridgehead atoms. The molecule has 1 amide bonds. The largest absolute Gasteiger partial charge is 0.380 e. The molecule has 0 aliphatic carbocycles. The van der Waals surface area contributed by atoms with Crippen LogP contribution in [0.1, 0.15) is 23.2 Å². The Morgan fingerprint density at radius 1 is 1.59 bits per heavy atom. The zero-order valence-corrected chi connectivity index (χ0v) is 9.81. The zero-order chi connectivity index (χ0) is 12.3. The molecule has 1 saturated heterocycles. The van der Waals surface area contributed by atoms with Gasteiger partial charge in [0.2, 0.25) is 5.56 Å². The number of hydrogen-bond acceptors (Lipinski definition) is 3. The summed E-state index contributed by atoms with van der Waals surface area (Å²) in [6.07, 6.45) is 3.52. The normalized spacial score (nSPS) is 20.3. The van der Waals surface area contributed by atoms with Gasteiger partial charge in [-0.3, -0.25) is 9.59 Å². The van der Waals surface area contributed by atoms with Crippen LogP contribution in [-0.4, -0.2) is 42.1 Å². The van der Waals surface area contributed by atoms with E-state index in [1.54, 1.807) is 18.1 Å². The maximum absolute atomic E-state index is 12.1. The van der Waals surface area contributed by atoms with Crippen LogP contribution in [0, 0.1) is 0 Å². The fourth-order valence-corrected chi connectivity index (χ4v) is 2.08. The number of amides is 1. The molecule has 1 aliphatic heterocycles. The third-order valence-corrected chi connectivity index (χ3v) is 3.02. The smallest absolute Gasteiger partial charge is 0.254 e. The predicted molar refractivity (Wildman–Crippen MR) is 63.0 cm³/mol. The molecule has 5 heteroatoms. The Labute approximate surface area is 99.4 Å². The van der Waals surface area contributed by atoms with Crippen LogP contribution in [0.15, 0.2) is 23.1 Å². The van der Waals surface area contributed by atoms with Gasteiger partial charge in [-0.05, 0) is 18.9 Å². The highest BCUT2D eigenvalue weighted by atomic mass is 16.5. The summed E-state index contributed by atoms with van der Waals surface area (Å²) in [4.78, 5) is 27.5. The Balaban J connectivity index is 2.12. The Bertz CT molecular complexity index is 455. The van der Waals surface area contributed by atoms with Gasteiger partial charge in [0.15, 0.2) is 0 Å². The standard InChI is InChI=1S/C12H16N2O3/c1-17-10-3-2-6-14(8-10)12(16)9-4-5-13-11(15)7-9/h4-5,7,10H,2-3,6,8H2,1H3,(H,13,15). The molecular formula is C12H16N2O3. The van der Waals surface area contributed by atoms with Gasteiger partial charge in [0.05, 0.1) is 6.10 Å². The van der Waals surface area contributed by atoms with Gasteiger partial charge in [0, 0.05) is 38.0 Å². The van der Waals surface area contributed by atoms with E-state index in [2.05, 4.69) is 4.98 Å². The Hall–Kier alpha value is -1.62. The van der Waals surface area contributed by atoms with Gasteiger partial charge < -0.3 is 14.6 Å². The average Bonchev–Trinajstić information content (AvgIpc) is 2.38. The number of likely N-dealkylation sites (tertiary alicyclic amines) is 1. The molecule has 17 heavy (non-hydrogen) atoms. The Morgan fingerprint density at radius 3 is 3.12 bits per heavy atom. The first-order valence-corrected chi connectivity index (χ1v) is 5.71. The Morgan fingerprint density at radius 2 is 2.41 bits per heavy atom. The van der Waals surface area contributed by atoms with Crippen molar-refractivity contribution in [3.05, 3.63) is 34.2 Å². The molecule has 0 saturated carbocycles. The average molecular weight is 236 g/mol. The first kappa shape index (κ1) is 11.9. The van der Waals surface area contributed by atoms with E-state index in [1.807, 2.05) is 0 Å². The van der Waals surface area contributed by atoms with E-state index in [9.17, 15) is 9.59 Å². The van der Waals surface area contributed by atoms with Crippen LogP contribution in [0.2, 0.25) is 0 Å². The minimum absolute atomic E-state index is 0.0992. The summed E-state index contributed by atoms with van der Waals surface area (Å²) < 4.78 is 5.27. The highest BCUT2D eigenvalue weighted by Crippen LogP contribution is 2.14. The fourth-order valence-electron chi connectivity index (χ4n) is 2.08. The number of piperidine rings is 1. The van der Waals surface area contributed by atoms with Gasteiger partial charge in [-0.25, -0.2) is 0 Å². The number of hydrogen-bond donors (Lipinski definition) is 1. The number of carbonyl (C=O) groups is 1. The number of aromatic amines is 1. The first-order valence-electron chi connectivity index (χ1n) is 5.71. The second-order valence-electron chi connectivity index (χ2n) is 4.19. The van der Waals surface area contributed by atoms with Crippen LogP contribution in [0.3, 0.4) is 0 Å². The maximum Gasteiger partial charge on any atom is 0.254 e. The molecule has 2 rings (SSSR count). The number of carbonyl (C=O) groups excluding carboxylic acids is 1. The first-order chi connectivity index (χ1) is 8.20. The molecule has 1 atom stereocenters. The van der Waals surface area contributed by atoms with E-state index in [-0.39, 0.29) is 17.6 Å². The van der Waals surface area contributed by atoms with Crippen molar-refractivity contribution in [3.8, 4) is 0 Å². The van der Waals surface area contributed by atoms with Gasteiger partial charge in [-0.2, -0.15) is 0 Å². The molecule has 1 aliphatic rings. The number of H-pyrrole nitrogens is 1. The van der Waals surface area contributed by atoms with Crippen molar-refractivity contribution < 1.29 is 9.53 Å². The highest BCUT2D eigenvalue weighted by Gasteiger charge is 2.24. The fraction of sp³-hybridized carbons (Fsp3) is 0.500. The lowest BCUT2D eigenvalue weighted by Gasteiger charge is -2.31. The predicted octanol–water partition coefficient (Wildman–Crippen LogP) is 0.626. The van der Waals surface area contributed by atoms with Gasteiger partial charge in [-0.1, -0.05) is 0 Å². The van der Waals surface area contributed by atoms with Crippen LogP contribution in [-0.2, 0) is 4.74 Å². The third-order valence-electron chi connectivity index (χ3n) is 3.02. The molecule has 1 N–H and O–H groups in total. The van der Waals surface area contributed by atoms with Crippen molar-refractivity contribution in [1.29, 1.82) is 0 Å². The van der Waals surface area contributed by atoms with Crippen LogP contribution < -0.4 is 5.56 Å². The molecule has 2 heterocycles. The molecule has 1 aromatic rings. The van der Waals surface area contributed by atoms with Gasteiger partial charge in [0.1, 0.15) is 0 Å². The summed E-state index contributed by atoms with van der Waals surface area (Å²) >= 11 is 0. The lowest BCUT2D eigenvalue weighted by molar-refractivity contribution is 0.0269. The third kappa shape index (κ3) is 2.74. The molecular weight excluding hydrogens is 220 g/mol. The minimum atomic E-state index is -0.254. The van der Waals surface area contributed by atoms with Crippen molar-refractivity contribution in [3.63, 3.8) is 0 Å². The number of methoxy groups -OCH3 is 1. The quantitative estimate of drug-likeness (QED) is 0.819. The van der Waals surface area contributed by atoms with Gasteiger partial charge >= 0.3 is 0 Å². The van der Waals surface area contributed by atoms with Crippen LogP contribution in [0.5, 0.6) is 0 Å².